The van der Waals surface area contributed by atoms with E-state index >= 15 is 0 Å². The van der Waals surface area contributed by atoms with Gasteiger partial charge in [0.1, 0.15) is 0 Å². The van der Waals surface area contributed by atoms with E-state index in [-0.39, 0.29) is 23.2 Å². The van der Waals surface area contributed by atoms with E-state index in [1.54, 1.807) is 6.20 Å². The van der Waals surface area contributed by atoms with Gasteiger partial charge in [0.05, 0.1) is 6.20 Å². The van der Waals surface area contributed by atoms with Gasteiger partial charge in [-0.2, -0.15) is 0 Å². The SMILES string of the molecule is CC1CC1C(=O)N1CCC2(CC1)CC(CC(=O)Nc1cccc(-c3cnco3)c1)c1ccccc12. The third-order valence-corrected chi connectivity index (χ3v) is 8.36. The van der Waals surface area contributed by atoms with Crippen molar-refractivity contribution < 1.29 is 14.0 Å². The molecule has 2 heterocycles. The second kappa shape index (κ2) is 8.67. The molecule has 180 valence electrons. The fraction of sp³-hybridized carbons (Fsp3) is 0.414. The lowest BCUT2D eigenvalue weighted by Crippen LogP contribution is -2.45. The summed E-state index contributed by atoms with van der Waals surface area (Å²) in [6.07, 6.45) is 7.50. The van der Waals surface area contributed by atoms with Crippen LogP contribution in [0.4, 0.5) is 5.69 Å². The summed E-state index contributed by atoms with van der Waals surface area (Å²) in [5.74, 6) is 2.03. The minimum absolute atomic E-state index is 0.0203. The third kappa shape index (κ3) is 4.15. The lowest BCUT2D eigenvalue weighted by molar-refractivity contribution is -0.134. The number of carbonyl (C=O) groups is 2. The quantitative estimate of drug-likeness (QED) is 0.545. The molecular weight excluding hydrogens is 438 g/mol. The fourth-order valence-corrected chi connectivity index (χ4v) is 6.28. The van der Waals surface area contributed by atoms with Crippen molar-refractivity contribution in [1.82, 2.24) is 9.88 Å². The molecule has 6 heteroatoms. The molecule has 3 unspecified atom stereocenters. The first kappa shape index (κ1) is 22.1. The van der Waals surface area contributed by atoms with Crippen molar-refractivity contribution in [3.05, 3.63) is 72.2 Å². The van der Waals surface area contributed by atoms with E-state index in [0.29, 0.717) is 24.0 Å². The molecule has 1 saturated heterocycles. The van der Waals surface area contributed by atoms with Crippen molar-refractivity contribution in [3.8, 4) is 11.3 Å². The summed E-state index contributed by atoms with van der Waals surface area (Å²) in [5, 5.41) is 3.08. The van der Waals surface area contributed by atoms with E-state index in [1.807, 2.05) is 24.3 Å². The number of aromatic nitrogens is 1. The maximum Gasteiger partial charge on any atom is 0.225 e. The third-order valence-electron chi connectivity index (χ3n) is 8.36. The normalized spacial score (nSPS) is 24.3. The van der Waals surface area contributed by atoms with Gasteiger partial charge in [0, 0.05) is 36.7 Å². The van der Waals surface area contributed by atoms with E-state index < -0.39 is 0 Å². The second-order valence-electron chi connectivity index (χ2n) is 10.6. The Balaban J connectivity index is 1.14. The van der Waals surface area contributed by atoms with E-state index in [9.17, 15) is 9.59 Å². The van der Waals surface area contributed by atoms with E-state index in [2.05, 4.69) is 46.4 Å². The lowest BCUT2D eigenvalue weighted by atomic mass is 9.73. The Morgan fingerprint density at radius 3 is 2.69 bits per heavy atom. The van der Waals surface area contributed by atoms with Crippen LogP contribution in [0.2, 0.25) is 0 Å². The van der Waals surface area contributed by atoms with Crippen LogP contribution in [0.3, 0.4) is 0 Å². The molecule has 0 radical (unpaired) electrons. The minimum Gasteiger partial charge on any atom is -0.444 e. The van der Waals surface area contributed by atoms with Gasteiger partial charge in [-0.1, -0.05) is 43.3 Å². The molecule has 1 spiro atoms. The highest BCUT2D eigenvalue weighted by Gasteiger charge is 2.48. The summed E-state index contributed by atoms with van der Waals surface area (Å²) in [5.41, 5.74) is 4.39. The number of hydrogen-bond donors (Lipinski definition) is 1. The van der Waals surface area contributed by atoms with Crippen molar-refractivity contribution in [1.29, 1.82) is 0 Å². The Kier molecular flexibility index (Phi) is 5.47. The zero-order valence-electron chi connectivity index (χ0n) is 20.1. The number of benzene rings is 2. The smallest absolute Gasteiger partial charge is 0.225 e. The number of piperidine rings is 1. The first-order valence-corrected chi connectivity index (χ1v) is 12.7. The van der Waals surface area contributed by atoms with Crippen molar-refractivity contribution in [3.63, 3.8) is 0 Å². The van der Waals surface area contributed by atoms with Crippen molar-refractivity contribution in [2.45, 2.75) is 50.4 Å². The van der Waals surface area contributed by atoms with Gasteiger partial charge in [-0.05, 0) is 66.2 Å². The summed E-state index contributed by atoms with van der Waals surface area (Å²) in [6, 6.07) is 16.3. The highest BCUT2D eigenvalue weighted by Crippen LogP contribution is 2.53. The van der Waals surface area contributed by atoms with Gasteiger partial charge in [-0.25, -0.2) is 4.98 Å². The maximum absolute atomic E-state index is 13.1. The number of nitrogens with zero attached hydrogens (tertiary/aromatic N) is 2. The number of anilines is 1. The van der Waals surface area contributed by atoms with E-state index in [1.165, 1.54) is 17.5 Å². The Morgan fingerprint density at radius 1 is 1.14 bits per heavy atom. The average Bonchev–Trinajstić information content (AvgIpc) is 3.26. The van der Waals surface area contributed by atoms with Gasteiger partial charge >= 0.3 is 0 Å². The molecular formula is C29H31N3O3. The zero-order chi connectivity index (χ0) is 24.0. The minimum atomic E-state index is 0.0203. The number of likely N-dealkylation sites (tertiary alicyclic amines) is 1. The standard InChI is InChI=1S/C29H31N3O3/c1-19-13-24(19)28(34)32-11-9-29(10-12-32)16-21(23-7-2-3-8-25(23)29)15-27(33)31-22-6-4-5-20(14-22)26-17-30-18-35-26/h2-8,14,17-19,21,24H,9-13,15-16H2,1H3,(H,31,33). The number of oxazole rings is 1. The average molecular weight is 470 g/mol. The predicted molar refractivity (Wildman–Crippen MR) is 134 cm³/mol. The summed E-state index contributed by atoms with van der Waals surface area (Å²) < 4.78 is 5.39. The molecule has 2 aromatic carbocycles. The van der Waals surface area contributed by atoms with Crippen LogP contribution in [0.1, 0.15) is 56.1 Å². The first-order chi connectivity index (χ1) is 17.0. The Morgan fingerprint density at radius 2 is 1.94 bits per heavy atom. The van der Waals surface area contributed by atoms with Gasteiger partial charge < -0.3 is 14.6 Å². The molecule has 0 bridgehead atoms. The van der Waals surface area contributed by atoms with Gasteiger partial charge in [-0.3, -0.25) is 9.59 Å². The van der Waals surface area contributed by atoms with Gasteiger partial charge in [0.2, 0.25) is 11.8 Å². The number of hydrogen-bond acceptors (Lipinski definition) is 4. The second-order valence-corrected chi connectivity index (χ2v) is 10.6. The number of carbonyl (C=O) groups excluding carboxylic acids is 2. The monoisotopic (exact) mass is 469 g/mol. The number of fused-ring (bicyclic) bond motifs is 2. The van der Waals surface area contributed by atoms with Gasteiger partial charge in [0.15, 0.2) is 12.2 Å². The van der Waals surface area contributed by atoms with Crippen molar-refractivity contribution >= 4 is 17.5 Å². The highest BCUT2D eigenvalue weighted by molar-refractivity contribution is 5.92. The highest BCUT2D eigenvalue weighted by atomic mass is 16.3. The summed E-state index contributed by atoms with van der Waals surface area (Å²) in [4.78, 5) is 31.9. The van der Waals surface area contributed by atoms with Crippen LogP contribution >= 0.6 is 0 Å². The first-order valence-electron chi connectivity index (χ1n) is 12.7. The number of nitrogens with one attached hydrogen (secondary N) is 1. The van der Waals surface area contributed by atoms with Crippen molar-refractivity contribution in [2.75, 3.05) is 18.4 Å². The molecule has 3 aliphatic rings. The molecule has 2 amide bonds. The van der Waals surface area contributed by atoms with Crippen LogP contribution in [-0.4, -0.2) is 34.8 Å². The summed E-state index contributed by atoms with van der Waals surface area (Å²) in [6.45, 7) is 3.81. The van der Waals surface area contributed by atoms with Crippen LogP contribution in [0, 0.1) is 11.8 Å². The molecule has 1 saturated carbocycles. The van der Waals surface area contributed by atoms with Gasteiger partial charge in [-0.15, -0.1) is 0 Å². The molecule has 6 rings (SSSR count). The Bertz CT molecular complexity index is 1240. The van der Waals surface area contributed by atoms with Crippen LogP contribution < -0.4 is 5.32 Å². The molecule has 35 heavy (non-hydrogen) atoms. The van der Waals surface area contributed by atoms with Crippen LogP contribution in [0.15, 0.2) is 65.5 Å². The van der Waals surface area contributed by atoms with E-state index in [4.69, 9.17) is 4.42 Å². The Labute approximate surface area is 205 Å². The van der Waals surface area contributed by atoms with Crippen LogP contribution in [0.5, 0.6) is 0 Å². The molecule has 3 atom stereocenters. The summed E-state index contributed by atoms with van der Waals surface area (Å²) >= 11 is 0. The molecule has 1 aliphatic heterocycles. The zero-order valence-corrected chi connectivity index (χ0v) is 20.1. The van der Waals surface area contributed by atoms with Gasteiger partial charge in [0.25, 0.3) is 0 Å². The summed E-state index contributed by atoms with van der Waals surface area (Å²) in [7, 11) is 0. The number of amides is 2. The molecule has 3 aromatic rings. The molecule has 2 aliphatic carbocycles. The predicted octanol–water partition coefficient (Wildman–Crippen LogP) is 5.37. The maximum atomic E-state index is 13.1. The van der Waals surface area contributed by atoms with Crippen molar-refractivity contribution in [2.24, 2.45) is 11.8 Å². The largest absolute Gasteiger partial charge is 0.444 e. The molecule has 6 nitrogen and oxygen atoms in total. The lowest BCUT2D eigenvalue weighted by Gasteiger charge is -2.40. The number of rotatable bonds is 5. The topological polar surface area (TPSA) is 75.4 Å². The molecule has 1 N–H and O–H groups in total. The molecule has 2 fully saturated rings. The van der Waals surface area contributed by atoms with Crippen LogP contribution in [-0.2, 0) is 15.0 Å². The Hall–Kier alpha value is -3.41. The van der Waals surface area contributed by atoms with E-state index in [0.717, 1.165) is 50.0 Å². The molecule has 1 aromatic heterocycles. The fourth-order valence-electron chi connectivity index (χ4n) is 6.28. The van der Waals surface area contributed by atoms with Crippen LogP contribution in [0.25, 0.3) is 11.3 Å².